The van der Waals surface area contributed by atoms with Crippen molar-refractivity contribution >= 4 is 0 Å². The lowest BCUT2D eigenvalue weighted by atomic mass is 10.00. The third-order valence-corrected chi connectivity index (χ3v) is 5.32. The highest BCUT2D eigenvalue weighted by Gasteiger charge is 2.39. The van der Waals surface area contributed by atoms with Crippen LogP contribution in [0.4, 0.5) is 0 Å². The van der Waals surface area contributed by atoms with Gasteiger partial charge < -0.3 is 9.64 Å². The number of hydrogen-bond donors (Lipinski definition) is 0. The van der Waals surface area contributed by atoms with Crippen molar-refractivity contribution in [2.45, 2.75) is 43.9 Å². The topological polar surface area (TPSA) is 12.5 Å². The molecule has 0 saturated carbocycles. The van der Waals surface area contributed by atoms with Crippen LogP contribution in [0, 0.1) is 0 Å². The predicted octanol–water partition coefficient (Wildman–Crippen LogP) is 4.36. The maximum absolute atomic E-state index is 6.44. The Hall–Kier alpha value is -1.80. The minimum Gasteiger partial charge on any atom is -0.490 e. The summed E-state index contributed by atoms with van der Waals surface area (Å²) in [5.74, 6) is 1.03. The summed E-state index contributed by atoms with van der Waals surface area (Å²) in [5, 5.41) is 0. The molecule has 0 radical (unpaired) electrons. The van der Waals surface area contributed by atoms with E-state index in [9.17, 15) is 0 Å². The second-order valence-electron chi connectivity index (χ2n) is 6.62. The van der Waals surface area contributed by atoms with Crippen LogP contribution < -0.4 is 4.74 Å². The van der Waals surface area contributed by atoms with Crippen molar-refractivity contribution in [3.8, 4) is 16.9 Å². The van der Waals surface area contributed by atoms with Gasteiger partial charge in [0.2, 0.25) is 0 Å². The lowest BCUT2D eigenvalue weighted by molar-refractivity contribution is 0.0665. The molecular weight excluding hydrogens is 270 g/mol. The van der Waals surface area contributed by atoms with Crippen molar-refractivity contribution in [2.75, 3.05) is 7.05 Å². The Balaban J connectivity index is 1.57. The number of nitrogens with zero attached hydrogens (tertiary/aromatic N) is 1. The Bertz CT molecular complexity index is 625. The summed E-state index contributed by atoms with van der Waals surface area (Å²) in [4.78, 5) is 2.56. The van der Waals surface area contributed by atoms with Gasteiger partial charge in [-0.1, -0.05) is 48.5 Å². The molecule has 2 heteroatoms. The third-order valence-electron chi connectivity index (χ3n) is 5.32. The average molecular weight is 293 g/mol. The maximum atomic E-state index is 6.44. The molecule has 114 valence electrons. The van der Waals surface area contributed by atoms with Crippen LogP contribution in [0.2, 0.25) is 0 Å². The van der Waals surface area contributed by atoms with Crippen LogP contribution in [0.15, 0.2) is 54.6 Å². The monoisotopic (exact) mass is 293 g/mol. The van der Waals surface area contributed by atoms with Gasteiger partial charge in [-0.25, -0.2) is 0 Å². The molecule has 4 rings (SSSR count). The van der Waals surface area contributed by atoms with E-state index in [0.717, 1.165) is 18.6 Å². The van der Waals surface area contributed by atoms with Crippen LogP contribution in [0.25, 0.3) is 11.1 Å². The smallest absolute Gasteiger partial charge is 0.127 e. The molecule has 2 aliphatic rings. The van der Waals surface area contributed by atoms with Gasteiger partial charge in [0.1, 0.15) is 11.9 Å². The summed E-state index contributed by atoms with van der Waals surface area (Å²) in [7, 11) is 2.27. The van der Waals surface area contributed by atoms with Gasteiger partial charge in [0.15, 0.2) is 0 Å². The first kappa shape index (κ1) is 13.8. The largest absolute Gasteiger partial charge is 0.490 e. The summed E-state index contributed by atoms with van der Waals surface area (Å²) in [6.07, 6.45) is 5.35. The lowest BCUT2D eigenvalue weighted by Crippen LogP contribution is -2.43. The zero-order valence-electron chi connectivity index (χ0n) is 13.1. The summed E-state index contributed by atoms with van der Waals surface area (Å²) in [5.41, 5.74) is 2.43. The molecule has 2 unspecified atom stereocenters. The molecular formula is C20H23NO. The highest BCUT2D eigenvalue weighted by atomic mass is 16.5. The molecule has 0 spiro atoms. The van der Waals surface area contributed by atoms with E-state index in [1.54, 1.807) is 0 Å². The molecule has 2 fully saturated rings. The van der Waals surface area contributed by atoms with Crippen molar-refractivity contribution in [3.05, 3.63) is 54.6 Å². The van der Waals surface area contributed by atoms with E-state index in [1.165, 1.54) is 24.0 Å². The molecule has 2 bridgehead atoms. The molecule has 2 heterocycles. The molecule has 2 atom stereocenters. The fourth-order valence-electron chi connectivity index (χ4n) is 4.06. The van der Waals surface area contributed by atoms with Gasteiger partial charge in [-0.05, 0) is 44.4 Å². The first-order valence-electron chi connectivity index (χ1n) is 8.34. The Labute approximate surface area is 132 Å². The van der Waals surface area contributed by atoms with Gasteiger partial charge in [-0.15, -0.1) is 0 Å². The summed E-state index contributed by atoms with van der Waals surface area (Å²) in [6, 6.07) is 20.4. The molecule has 2 nitrogen and oxygen atoms in total. The standard InChI is InChI=1S/C20H23NO/c1-21-16-11-12-17(21)14-18(13-16)22-20-10-6-5-9-19(20)15-7-3-2-4-8-15/h2-10,16-18H,11-14H2,1H3. The van der Waals surface area contributed by atoms with Crippen molar-refractivity contribution in [1.82, 2.24) is 4.90 Å². The Morgan fingerprint density at radius 3 is 2.23 bits per heavy atom. The van der Waals surface area contributed by atoms with Gasteiger partial charge >= 0.3 is 0 Å². The Kier molecular flexibility index (Phi) is 3.63. The van der Waals surface area contributed by atoms with Crippen LogP contribution in [0.1, 0.15) is 25.7 Å². The molecule has 2 aromatic rings. The zero-order chi connectivity index (χ0) is 14.9. The van der Waals surface area contributed by atoms with Gasteiger partial charge in [0.25, 0.3) is 0 Å². The number of ether oxygens (including phenoxy) is 1. The van der Waals surface area contributed by atoms with Crippen molar-refractivity contribution in [2.24, 2.45) is 0 Å². The van der Waals surface area contributed by atoms with Crippen LogP contribution >= 0.6 is 0 Å². The molecule has 0 amide bonds. The Morgan fingerprint density at radius 2 is 1.50 bits per heavy atom. The van der Waals surface area contributed by atoms with Crippen LogP contribution in [0.5, 0.6) is 5.75 Å². The number of piperidine rings is 1. The van der Waals surface area contributed by atoms with E-state index < -0.39 is 0 Å². The lowest BCUT2D eigenvalue weighted by Gasteiger charge is -2.36. The number of fused-ring (bicyclic) bond motifs is 2. The van der Waals surface area contributed by atoms with Crippen LogP contribution in [-0.4, -0.2) is 30.1 Å². The van der Waals surface area contributed by atoms with E-state index in [4.69, 9.17) is 4.74 Å². The van der Waals surface area contributed by atoms with E-state index in [0.29, 0.717) is 18.2 Å². The minimum absolute atomic E-state index is 0.360. The van der Waals surface area contributed by atoms with Crippen LogP contribution in [-0.2, 0) is 0 Å². The molecule has 0 aromatic heterocycles. The number of para-hydroxylation sites is 1. The molecule has 2 aliphatic heterocycles. The fourth-order valence-corrected chi connectivity index (χ4v) is 4.06. The van der Waals surface area contributed by atoms with Crippen molar-refractivity contribution in [3.63, 3.8) is 0 Å². The maximum Gasteiger partial charge on any atom is 0.127 e. The number of rotatable bonds is 3. The summed E-state index contributed by atoms with van der Waals surface area (Å²) < 4.78 is 6.44. The number of hydrogen-bond acceptors (Lipinski definition) is 2. The predicted molar refractivity (Wildman–Crippen MR) is 90.1 cm³/mol. The summed E-state index contributed by atoms with van der Waals surface area (Å²) >= 11 is 0. The number of benzene rings is 2. The SMILES string of the molecule is CN1C2CCC1CC(Oc1ccccc1-c1ccccc1)C2. The van der Waals surface area contributed by atoms with Gasteiger partial charge in [0.05, 0.1) is 0 Å². The van der Waals surface area contributed by atoms with Gasteiger partial charge in [-0.2, -0.15) is 0 Å². The normalized spacial score (nSPS) is 27.8. The molecule has 0 N–H and O–H groups in total. The van der Waals surface area contributed by atoms with E-state index in [-0.39, 0.29) is 0 Å². The van der Waals surface area contributed by atoms with Crippen molar-refractivity contribution < 1.29 is 4.74 Å². The highest BCUT2D eigenvalue weighted by molar-refractivity contribution is 5.70. The zero-order valence-corrected chi connectivity index (χ0v) is 13.1. The second kappa shape index (κ2) is 5.77. The van der Waals surface area contributed by atoms with Gasteiger partial charge in [-0.3, -0.25) is 0 Å². The van der Waals surface area contributed by atoms with Crippen LogP contribution in [0.3, 0.4) is 0 Å². The van der Waals surface area contributed by atoms with Gasteiger partial charge in [0, 0.05) is 17.6 Å². The Morgan fingerprint density at radius 1 is 0.864 bits per heavy atom. The quantitative estimate of drug-likeness (QED) is 0.834. The first-order valence-corrected chi connectivity index (χ1v) is 8.34. The minimum atomic E-state index is 0.360. The summed E-state index contributed by atoms with van der Waals surface area (Å²) in [6.45, 7) is 0. The van der Waals surface area contributed by atoms with E-state index in [1.807, 2.05) is 0 Å². The first-order chi connectivity index (χ1) is 10.8. The highest BCUT2D eigenvalue weighted by Crippen LogP contribution is 2.38. The van der Waals surface area contributed by atoms with E-state index >= 15 is 0 Å². The molecule has 22 heavy (non-hydrogen) atoms. The third kappa shape index (κ3) is 2.52. The second-order valence-corrected chi connectivity index (χ2v) is 6.62. The van der Waals surface area contributed by atoms with E-state index in [2.05, 4.69) is 66.5 Å². The molecule has 2 aromatic carbocycles. The molecule has 0 aliphatic carbocycles. The average Bonchev–Trinajstić information content (AvgIpc) is 2.77. The fraction of sp³-hybridized carbons (Fsp3) is 0.400. The molecule has 2 saturated heterocycles. The van der Waals surface area contributed by atoms with Crippen molar-refractivity contribution in [1.29, 1.82) is 0 Å².